The predicted molar refractivity (Wildman–Crippen MR) is 327 cm³/mol. The lowest BCUT2D eigenvalue weighted by Gasteiger charge is -2.42. The summed E-state index contributed by atoms with van der Waals surface area (Å²) in [6.45, 7) is 23.6. The third-order valence-electron chi connectivity index (χ3n) is 11.8. The number of unbranched alkanes of at least 4 members (excludes halogenated alkanes) is 3. The molecule has 0 aromatic rings. The van der Waals surface area contributed by atoms with Gasteiger partial charge in [0.25, 0.3) is 0 Å². The van der Waals surface area contributed by atoms with Gasteiger partial charge >= 0.3 is 0 Å². The van der Waals surface area contributed by atoms with Crippen LogP contribution < -0.4 is 5.32 Å². The van der Waals surface area contributed by atoms with Crippen LogP contribution in [-0.4, -0.2) is 205 Å². The van der Waals surface area contributed by atoms with Gasteiger partial charge in [0, 0.05) is 97.7 Å². The second kappa shape index (κ2) is 65.3. The van der Waals surface area contributed by atoms with Crippen LogP contribution in [0.1, 0.15) is 197 Å². The molecule has 0 aliphatic carbocycles. The van der Waals surface area contributed by atoms with E-state index in [1.807, 2.05) is 34.6 Å². The van der Waals surface area contributed by atoms with Crippen LogP contribution in [0.25, 0.3) is 4.85 Å². The van der Waals surface area contributed by atoms with E-state index in [0.717, 1.165) is 19.3 Å². The van der Waals surface area contributed by atoms with E-state index in [4.69, 9.17) is 53.9 Å². The molecule has 82 heavy (non-hydrogen) atoms. The number of nitrogens with zero attached hydrogens (tertiary/aromatic N) is 1. The van der Waals surface area contributed by atoms with Crippen molar-refractivity contribution >= 4 is 34.8 Å². The minimum absolute atomic E-state index is 0. The minimum Gasteiger partial charge on any atom is -0.394 e. The van der Waals surface area contributed by atoms with Crippen LogP contribution in [0.2, 0.25) is 0 Å². The van der Waals surface area contributed by atoms with Crippen molar-refractivity contribution < 1.29 is 91.5 Å². The highest BCUT2D eigenvalue weighted by Crippen LogP contribution is 2.27. The van der Waals surface area contributed by atoms with E-state index in [0.29, 0.717) is 156 Å². The molecule has 21 nitrogen and oxygen atoms in total. The number of ketones is 5. The maximum Gasteiger partial charge on any atom is 0.232 e. The maximum absolute atomic E-state index is 12.0. The molecule has 0 saturated carbocycles. The molecule has 494 valence electrons. The lowest BCUT2D eigenvalue weighted by Crippen LogP contribution is -2.64. The van der Waals surface area contributed by atoms with E-state index in [1.54, 1.807) is 0 Å². The Morgan fingerprint density at radius 1 is 0.524 bits per heavy atom. The molecule has 1 saturated heterocycles. The molecule has 6 atom stereocenters. The normalized spacial score (nSPS) is 16.5. The summed E-state index contributed by atoms with van der Waals surface area (Å²) in [5, 5.41) is 32.2. The molecule has 1 amide bonds. The van der Waals surface area contributed by atoms with Gasteiger partial charge in [-0.25, -0.2) is 6.57 Å². The first-order valence-electron chi connectivity index (χ1n) is 26.6. The smallest absolute Gasteiger partial charge is 0.232 e. The van der Waals surface area contributed by atoms with Gasteiger partial charge in [0.1, 0.15) is 56.6 Å². The highest BCUT2D eigenvalue weighted by Gasteiger charge is 2.45. The SMILES string of the molecule is C.C.C.C.C.C.C.C.CCOCCOCC(=O)CCCOCCOCC(=O)CCCCCCO[C@@H]1O[C@H](CO)[C@H](O)[C@H](O)[C@H]1NC(C)=O.[C-]#[N+]C(C)(CCC(=O)CCCOCCOCC(=O)CCCOCCOCC(=O)CCC)C(C)C. The third-order valence-corrected chi connectivity index (χ3v) is 11.8. The van der Waals surface area contributed by atoms with Crippen LogP contribution in [0.5, 0.6) is 0 Å². The maximum atomic E-state index is 12.0. The summed E-state index contributed by atoms with van der Waals surface area (Å²) in [6.07, 6.45) is 4.23. The Kier molecular flexibility index (Phi) is 78.0. The number of nitrogens with one attached hydrogen (secondary N) is 1. The molecule has 1 fully saturated rings. The Bertz CT molecular complexity index is 1530. The standard InChI is InChI=1S/C27H49NO12.C26H45NO7.8CH4/c1-3-35-13-15-37-19-22(32)10-8-11-36-14-16-38-18-21(31)9-6-4-5-7-12-39-27-24(28-20(2)30)26(34)25(33)23(17-29)40-27;1-6-9-24(29)20-33-18-16-32-15-8-11-25(30)21-34-19-17-31-14-7-10-23(28)12-13-26(4,27-5)22(2)3;;;;;;;;/h23-27,29,33-34H,3-19H2,1-2H3,(H,28,30);22H,6-21H2,1-4H3;8*1H4/t23-,24-,25+,26-,27-;;;;;;;;;/m1........./s1. The van der Waals surface area contributed by atoms with Crippen LogP contribution >= 0.6 is 0 Å². The summed E-state index contributed by atoms with van der Waals surface area (Å²) >= 11 is 0. The Labute approximate surface area is 499 Å². The lowest BCUT2D eigenvalue weighted by atomic mass is 9.84. The number of rotatable bonds is 49. The Morgan fingerprint density at radius 2 is 0.915 bits per heavy atom. The van der Waals surface area contributed by atoms with E-state index in [-0.39, 0.29) is 127 Å². The summed E-state index contributed by atoms with van der Waals surface area (Å²) in [5.41, 5.74) is -0.473. The fourth-order valence-corrected chi connectivity index (χ4v) is 6.93. The molecule has 1 aliphatic rings. The quantitative estimate of drug-likeness (QED) is 0.0326. The van der Waals surface area contributed by atoms with Gasteiger partial charge in [0.2, 0.25) is 11.4 Å². The van der Waals surface area contributed by atoms with E-state index >= 15 is 0 Å². The molecular weight excluding hydrogens is 1060 g/mol. The topological polar surface area (TPSA) is 272 Å². The van der Waals surface area contributed by atoms with Crippen molar-refractivity contribution in [2.45, 2.75) is 233 Å². The van der Waals surface area contributed by atoms with Crippen LogP contribution in [-0.2, 0) is 76.1 Å². The minimum atomic E-state index is -1.35. The number of hydrogen-bond acceptors (Lipinski definition) is 19. The summed E-state index contributed by atoms with van der Waals surface area (Å²) in [5.74, 6) is 0.148. The highest BCUT2D eigenvalue weighted by atomic mass is 16.7. The van der Waals surface area contributed by atoms with Crippen molar-refractivity contribution in [3.8, 4) is 0 Å². The number of ether oxygens (including phenoxy) is 10. The molecule has 0 spiro atoms. The molecule has 0 bridgehead atoms. The van der Waals surface area contributed by atoms with Crippen molar-refractivity contribution in [2.75, 3.05) is 119 Å². The molecular formula is C61H126N2O19. The van der Waals surface area contributed by atoms with E-state index in [9.17, 15) is 44.1 Å². The second-order valence-corrected chi connectivity index (χ2v) is 18.6. The number of aliphatic hydroxyl groups is 3. The van der Waals surface area contributed by atoms with Crippen molar-refractivity contribution in [3.63, 3.8) is 0 Å². The second-order valence-electron chi connectivity index (χ2n) is 18.6. The van der Waals surface area contributed by atoms with Gasteiger partial charge < -0.3 is 72.9 Å². The molecule has 0 aromatic heterocycles. The molecule has 1 rings (SSSR count). The van der Waals surface area contributed by atoms with Crippen LogP contribution in [0, 0.1) is 12.5 Å². The van der Waals surface area contributed by atoms with Gasteiger partial charge in [0.05, 0.1) is 59.5 Å². The summed E-state index contributed by atoms with van der Waals surface area (Å²) < 4.78 is 53.7. The van der Waals surface area contributed by atoms with Gasteiger partial charge in [0.15, 0.2) is 29.4 Å². The van der Waals surface area contributed by atoms with Crippen LogP contribution in [0.3, 0.4) is 0 Å². The highest BCUT2D eigenvalue weighted by molar-refractivity contribution is 5.80. The van der Waals surface area contributed by atoms with Crippen molar-refractivity contribution in [2.24, 2.45) is 5.92 Å². The first-order valence-corrected chi connectivity index (χ1v) is 26.6. The van der Waals surface area contributed by atoms with E-state index in [1.165, 1.54) is 6.92 Å². The Balaban J connectivity index is -0.000000171. The largest absolute Gasteiger partial charge is 0.394 e. The zero-order valence-corrected chi connectivity index (χ0v) is 45.6. The van der Waals surface area contributed by atoms with Gasteiger partial charge in [-0.15, -0.1) is 0 Å². The molecule has 1 unspecified atom stereocenters. The molecule has 4 N–H and O–H groups in total. The Hall–Kier alpha value is -3.21. The third kappa shape index (κ3) is 53.5. The number of aliphatic hydroxyl groups excluding tert-OH is 3. The summed E-state index contributed by atoms with van der Waals surface area (Å²) in [6, 6.07) is -0.955. The number of carbonyl (C=O) groups is 6. The fourth-order valence-electron chi connectivity index (χ4n) is 6.93. The fraction of sp³-hybridized carbons (Fsp3) is 0.885. The van der Waals surface area contributed by atoms with Crippen molar-refractivity contribution in [3.05, 3.63) is 11.4 Å². The van der Waals surface area contributed by atoms with E-state index in [2.05, 4.69) is 10.2 Å². The molecule has 1 heterocycles. The van der Waals surface area contributed by atoms with Crippen LogP contribution in [0.15, 0.2) is 0 Å². The van der Waals surface area contributed by atoms with Crippen LogP contribution in [0.4, 0.5) is 0 Å². The monoisotopic (exact) mass is 1190 g/mol. The summed E-state index contributed by atoms with van der Waals surface area (Å²) in [7, 11) is 0. The van der Waals surface area contributed by atoms with Gasteiger partial charge in [-0.1, -0.05) is 93.0 Å². The molecule has 0 aromatic carbocycles. The molecule has 1 aliphatic heterocycles. The number of hydrogen-bond donors (Lipinski definition) is 4. The number of amides is 1. The Morgan fingerprint density at radius 3 is 1.30 bits per heavy atom. The number of Topliss-reactive ketones (excluding diaryl/α,β-unsaturated/α-hetero) is 5. The zero-order valence-electron chi connectivity index (χ0n) is 45.6. The average Bonchev–Trinajstić information content (AvgIpc) is 3.37. The first kappa shape index (κ1) is 97.9. The van der Waals surface area contributed by atoms with Crippen molar-refractivity contribution in [1.82, 2.24) is 5.32 Å². The number of carbonyl (C=O) groups excluding carboxylic acids is 6. The lowest BCUT2D eigenvalue weighted by molar-refractivity contribution is -0.270. The molecule has 0 radical (unpaired) electrons. The van der Waals surface area contributed by atoms with Gasteiger partial charge in [-0.2, -0.15) is 0 Å². The van der Waals surface area contributed by atoms with E-state index < -0.39 is 48.7 Å². The van der Waals surface area contributed by atoms with Gasteiger partial charge in [-0.05, 0) is 45.4 Å². The zero-order chi connectivity index (χ0) is 55.2. The first-order chi connectivity index (χ1) is 35.5. The summed E-state index contributed by atoms with van der Waals surface area (Å²) in [4.78, 5) is 73.9. The molecule has 21 heteroatoms. The predicted octanol–water partition coefficient (Wildman–Crippen LogP) is 9.23. The van der Waals surface area contributed by atoms with Gasteiger partial charge in [-0.3, -0.25) is 28.8 Å². The van der Waals surface area contributed by atoms with Crippen molar-refractivity contribution in [1.29, 1.82) is 0 Å². The average molecular weight is 1190 g/mol.